The Bertz CT molecular complexity index is 1960. The molecule has 0 aromatic heterocycles. The standard InChI is InChI=1S/C40H66N16O17/c1-4-19(3)25(18-62)51-34(39(73)55-32(48-21(15-59)11-26(41)63)36(70)52-30(29(42)68)47-20(14-58)7-6-8-46-40(43)44)56-38(72)33(50-23(17-61)13-28(66)67)54-37(71)31(49-22(16-60)12-27(64)65)53-35(69)24(5-2)45-9-10-57/h10,14-25,30-34,45,47-51H,4-9,11-13H2,1-3H3,(H2,41,63)(H2,42,68)(H,52,70)(H,53,69)(H,54,71)(H,55,73)(H,56,72)(H,64,65)(H,66,67)(H4,43,44,46)/t19-,20-,21-,22-,23-,24-,25+,30-,31-,32-,33-,34-/m1/s1. The largest absolute Gasteiger partial charge is 0.481 e. The van der Waals surface area contributed by atoms with Crippen molar-refractivity contribution in [1.82, 2.24) is 63.8 Å². The SMILES string of the molecule is CC[C@@H](C)[C@H](C=O)N[C@H](NC(=O)[C@@H](NC(=O)[C@@H](NC(=O)[C@@H](CC)NCC=O)N[C@@H](C=O)CC(=O)O)N[C@@H](C=O)CC(=O)O)C(=O)N[C@@H](N[C@@H](C=O)CC(N)=O)C(=O)N[C@@H](N[C@@H](C=O)CCCNC(=N)N)C(N)=O. The summed E-state index contributed by atoms with van der Waals surface area (Å²) in [6.07, 6.45) is -11.9. The van der Waals surface area contributed by atoms with E-state index < -0.39 is 146 Å². The van der Waals surface area contributed by atoms with E-state index in [1.54, 1.807) is 6.92 Å². The Kier molecular flexibility index (Phi) is 31.6. The van der Waals surface area contributed by atoms with Gasteiger partial charge in [-0.2, -0.15) is 0 Å². The summed E-state index contributed by atoms with van der Waals surface area (Å²) in [5.74, 6) is -13.4. The highest BCUT2D eigenvalue weighted by Gasteiger charge is 2.37. The first-order chi connectivity index (χ1) is 34.4. The van der Waals surface area contributed by atoms with Crippen LogP contribution in [0.2, 0.25) is 0 Å². The van der Waals surface area contributed by atoms with Crippen LogP contribution in [0.25, 0.3) is 0 Å². The van der Waals surface area contributed by atoms with Gasteiger partial charge in [-0.15, -0.1) is 0 Å². The Labute approximate surface area is 416 Å². The molecule has 0 aliphatic carbocycles. The lowest BCUT2D eigenvalue weighted by molar-refractivity contribution is -0.140. The monoisotopic (exact) mass is 1040 g/mol. The predicted molar refractivity (Wildman–Crippen MR) is 249 cm³/mol. The average Bonchev–Trinajstić information content (AvgIpc) is 3.33. The van der Waals surface area contributed by atoms with E-state index in [0.29, 0.717) is 18.9 Å². The number of guanidine groups is 1. The molecule has 0 spiro atoms. The minimum Gasteiger partial charge on any atom is -0.481 e. The Morgan fingerprint density at radius 1 is 0.534 bits per heavy atom. The van der Waals surface area contributed by atoms with Gasteiger partial charge in [-0.1, -0.05) is 27.2 Å². The lowest BCUT2D eigenvalue weighted by Gasteiger charge is -2.31. The number of aliphatic carboxylic acids is 2. The van der Waals surface area contributed by atoms with Gasteiger partial charge >= 0.3 is 11.9 Å². The van der Waals surface area contributed by atoms with Crippen molar-refractivity contribution in [3.8, 4) is 0 Å². The number of amides is 7. The number of carboxylic acids is 2. The summed E-state index contributed by atoms with van der Waals surface area (Å²) in [6, 6.07) is -8.87. The minimum atomic E-state index is -2.33. The molecule has 0 saturated heterocycles. The zero-order chi connectivity index (χ0) is 55.8. The number of carbonyl (C=O) groups excluding carboxylic acids is 13. The highest BCUT2D eigenvalue weighted by molar-refractivity contribution is 5.97. The normalized spacial score (nSPS) is 15.8. The van der Waals surface area contributed by atoms with E-state index in [1.807, 2.05) is 0 Å². The molecule has 0 saturated carbocycles. The molecule has 0 bridgehead atoms. The van der Waals surface area contributed by atoms with Crippen LogP contribution in [-0.2, 0) is 71.9 Å². The highest BCUT2D eigenvalue weighted by Crippen LogP contribution is 2.07. The summed E-state index contributed by atoms with van der Waals surface area (Å²) in [6.45, 7) is 4.44. The molecule has 0 aliphatic rings. The maximum absolute atomic E-state index is 14.3. The molecule has 0 aromatic carbocycles. The predicted octanol–water partition coefficient (Wildman–Crippen LogP) is -9.83. The minimum absolute atomic E-state index is 0.00226. The third-order valence-electron chi connectivity index (χ3n) is 10.1. The average molecular weight is 1040 g/mol. The Morgan fingerprint density at radius 2 is 0.932 bits per heavy atom. The van der Waals surface area contributed by atoms with Crippen molar-refractivity contribution >= 4 is 97.0 Å². The van der Waals surface area contributed by atoms with Crippen LogP contribution in [0.5, 0.6) is 0 Å². The first kappa shape index (κ1) is 65.3. The van der Waals surface area contributed by atoms with E-state index >= 15 is 0 Å². The van der Waals surface area contributed by atoms with E-state index in [4.69, 9.17) is 22.6 Å². The summed E-state index contributed by atoms with van der Waals surface area (Å²) in [7, 11) is 0. The maximum Gasteiger partial charge on any atom is 0.305 e. The zero-order valence-electron chi connectivity index (χ0n) is 40.0. The number of rotatable bonds is 42. The zero-order valence-corrected chi connectivity index (χ0v) is 40.0. The summed E-state index contributed by atoms with van der Waals surface area (Å²) < 4.78 is 0. The van der Waals surface area contributed by atoms with Crippen molar-refractivity contribution in [3.63, 3.8) is 0 Å². The molecule has 33 heteroatoms. The van der Waals surface area contributed by atoms with Gasteiger partial charge in [0.1, 0.15) is 37.7 Å². The quantitative estimate of drug-likeness (QED) is 0.00887. The smallest absolute Gasteiger partial charge is 0.305 e. The number of hydrogen-bond acceptors (Lipinski definition) is 22. The topological polar surface area (TPSA) is 543 Å². The number of nitrogens with two attached hydrogens (primary N) is 3. The molecule has 21 N–H and O–H groups in total. The number of primary amides is 2. The summed E-state index contributed by atoms with van der Waals surface area (Å²) >= 11 is 0. The summed E-state index contributed by atoms with van der Waals surface area (Å²) in [5.41, 5.74) is 16.0. The molecular weight excluding hydrogens is 977 g/mol. The first-order valence-electron chi connectivity index (χ1n) is 22.3. The third-order valence-corrected chi connectivity index (χ3v) is 10.1. The van der Waals surface area contributed by atoms with Crippen LogP contribution in [0.3, 0.4) is 0 Å². The van der Waals surface area contributed by atoms with Crippen LogP contribution in [-0.4, -0.2) is 187 Å². The van der Waals surface area contributed by atoms with E-state index in [0.717, 1.165) is 0 Å². The summed E-state index contributed by atoms with van der Waals surface area (Å²) in [5, 5.41) is 53.5. The van der Waals surface area contributed by atoms with Gasteiger partial charge in [-0.3, -0.25) is 80.5 Å². The molecule has 12 atom stereocenters. The molecule has 408 valence electrons. The molecule has 73 heavy (non-hydrogen) atoms. The van der Waals surface area contributed by atoms with Crippen molar-refractivity contribution in [1.29, 1.82) is 5.41 Å². The molecule has 0 radical (unpaired) electrons. The first-order valence-corrected chi connectivity index (χ1v) is 22.3. The lowest BCUT2D eigenvalue weighted by Crippen LogP contribution is -2.70. The Hall–Kier alpha value is -7.72. The lowest BCUT2D eigenvalue weighted by atomic mass is 10.00. The van der Waals surface area contributed by atoms with Crippen LogP contribution in [0.1, 0.15) is 65.7 Å². The summed E-state index contributed by atoms with van der Waals surface area (Å²) in [4.78, 5) is 188. The van der Waals surface area contributed by atoms with Crippen molar-refractivity contribution in [3.05, 3.63) is 0 Å². The van der Waals surface area contributed by atoms with Gasteiger partial charge in [-0.05, 0) is 25.2 Å². The molecule has 0 unspecified atom stereocenters. The van der Waals surface area contributed by atoms with Crippen molar-refractivity contribution in [2.75, 3.05) is 13.1 Å². The van der Waals surface area contributed by atoms with Gasteiger partial charge in [0.2, 0.25) is 11.8 Å². The maximum atomic E-state index is 14.3. The van der Waals surface area contributed by atoms with Gasteiger partial charge in [0.05, 0.1) is 55.6 Å². The second-order valence-electron chi connectivity index (χ2n) is 15.8. The van der Waals surface area contributed by atoms with Crippen LogP contribution < -0.4 is 81.0 Å². The van der Waals surface area contributed by atoms with Crippen LogP contribution >= 0.6 is 0 Å². The molecule has 0 rings (SSSR count). The molecule has 33 nitrogen and oxygen atoms in total. The van der Waals surface area contributed by atoms with E-state index in [-0.39, 0.29) is 63.6 Å². The van der Waals surface area contributed by atoms with E-state index in [9.17, 15) is 82.1 Å². The fraction of sp³-hybridized carbons (Fsp3) is 0.600. The Balaban J connectivity index is 7.51. The van der Waals surface area contributed by atoms with Gasteiger partial charge in [0.15, 0.2) is 36.8 Å². The molecule has 0 aliphatic heterocycles. The molecular formula is C40H66N16O17. The molecule has 0 heterocycles. The van der Waals surface area contributed by atoms with Gasteiger partial charge in [0.25, 0.3) is 29.5 Å². The fourth-order valence-electron chi connectivity index (χ4n) is 6.09. The van der Waals surface area contributed by atoms with Gasteiger partial charge < -0.3 is 88.1 Å². The second-order valence-corrected chi connectivity index (χ2v) is 15.8. The van der Waals surface area contributed by atoms with Gasteiger partial charge in [0, 0.05) is 13.0 Å². The molecule has 7 amide bonds. The van der Waals surface area contributed by atoms with Crippen LogP contribution in [0.4, 0.5) is 0 Å². The number of aldehydes is 6. The number of hydrogen-bond donors (Lipinski definition) is 18. The number of carbonyl (C=O) groups is 15. The van der Waals surface area contributed by atoms with Crippen LogP contribution in [0, 0.1) is 11.3 Å². The number of carboxylic acid groups (broad SMARTS) is 2. The van der Waals surface area contributed by atoms with Crippen molar-refractivity contribution in [2.24, 2.45) is 23.1 Å². The van der Waals surface area contributed by atoms with Crippen molar-refractivity contribution < 1.29 is 82.1 Å². The Morgan fingerprint density at radius 3 is 1.27 bits per heavy atom. The van der Waals surface area contributed by atoms with E-state index in [1.165, 1.54) is 13.8 Å². The second kappa shape index (κ2) is 35.4. The van der Waals surface area contributed by atoms with Crippen molar-refractivity contribution in [2.45, 2.75) is 133 Å². The molecule has 0 aromatic rings. The fourth-order valence-corrected chi connectivity index (χ4v) is 6.09. The molecule has 0 fully saturated rings. The number of nitrogens with one attached hydrogen (secondary N) is 13. The van der Waals surface area contributed by atoms with E-state index in [2.05, 4.69) is 63.8 Å². The third kappa shape index (κ3) is 26.3. The van der Waals surface area contributed by atoms with Crippen LogP contribution in [0.15, 0.2) is 0 Å². The highest BCUT2D eigenvalue weighted by atomic mass is 16.4. The van der Waals surface area contributed by atoms with Gasteiger partial charge in [-0.25, -0.2) is 0 Å².